The lowest BCUT2D eigenvalue weighted by molar-refractivity contribution is 0.0976. The fourth-order valence-electron chi connectivity index (χ4n) is 4.44. The van der Waals surface area contributed by atoms with Gasteiger partial charge in [-0.1, -0.05) is 30.3 Å². The number of fused-ring (bicyclic) bond motifs is 1. The van der Waals surface area contributed by atoms with Crippen LogP contribution in [0.5, 0.6) is 0 Å². The SMILES string of the molecule is Cc1ccc(-c2cccc3nc(Nc4cccc(C(=O)CCCN5CCCC5)c4)nn23)cc1F. The van der Waals surface area contributed by atoms with Crippen molar-refractivity contribution in [1.82, 2.24) is 19.5 Å². The molecule has 1 aliphatic heterocycles. The van der Waals surface area contributed by atoms with Crippen molar-refractivity contribution in [3.63, 3.8) is 0 Å². The first-order valence-electron chi connectivity index (χ1n) is 11.8. The number of carbonyl (C=O) groups is 1. The molecule has 2 aromatic heterocycles. The lowest BCUT2D eigenvalue weighted by Gasteiger charge is -2.13. The van der Waals surface area contributed by atoms with E-state index in [0.717, 1.165) is 43.0 Å². The summed E-state index contributed by atoms with van der Waals surface area (Å²) < 4.78 is 15.8. The largest absolute Gasteiger partial charge is 0.323 e. The summed E-state index contributed by atoms with van der Waals surface area (Å²) in [7, 11) is 0. The third-order valence-electron chi connectivity index (χ3n) is 6.34. The van der Waals surface area contributed by atoms with E-state index < -0.39 is 0 Å². The Morgan fingerprint density at radius 2 is 1.88 bits per heavy atom. The Morgan fingerprint density at radius 1 is 1.06 bits per heavy atom. The van der Waals surface area contributed by atoms with Crippen molar-refractivity contribution in [1.29, 1.82) is 0 Å². The van der Waals surface area contributed by atoms with E-state index in [1.54, 1.807) is 17.5 Å². The van der Waals surface area contributed by atoms with Crippen LogP contribution in [0, 0.1) is 12.7 Å². The van der Waals surface area contributed by atoms with Crippen LogP contribution in [-0.4, -0.2) is 44.9 Å². The summed E-state index contributed by atoms with van der Waals surface area (Å²) in [6.07, 6.45) is 3.96. The Kier molecular flexibility index (Phi) is 6.36. The van der Waals surface area contributed by atoms with Gasteiger partial charge >= 0.3 is 0 Å². The fraction of sp³-hybridized carbons (Fsp3) is 0.296. The highest BCUT2D eigenvalue weighted by Gasteiger charge is 2.14. The van der Waals surface area contributed by atoms with Crippen LogP contribution in [0.1, 0.15) is 41.6 Å². The average molecular weight is 458 g/mol. The van der Waals surface area contributed by atoms with Gasteiger partial charge in [-0.15, -0.1) is 5.10 Å². The number of Topliss-reactive ketones (excluding diaryl/α,β-unsaturated/α-hetero) is 1. The molecule has 0 spiro atoms. The summed E-state index contributed by atoms with van der Waals surface area (Å²) in [5, 5.41) is 7.80. The van der Waals surface area contributed by atoms with E-state index in [-0.39, 0.29) is 11.6 Å². The van der Waals surface area contributed by atoms with Crippen molar-refractivity contribution in [2.24, 2.45) is 0 Å². The average Bonchev–Trinajstić information content (AvgIpc) is 3.50. The van der Waals surface area contributed by atoms with Crippen molar-refractivity contribution < 1.29 is 9.18 Å². The van der Waals surface area contributed by atoms with Gasteiger partial charge in [0.2, 0.25) is 5.95 Å². The number of benzene rings is 2. The molecule has 6 nitrogen and oxygen atoms in total. The van der Waals surface area contributed by atoms with Crippen LogP contribution >= 0.6 is 0 Å². The van der Waals surface area contributed by atoms with Crippen molar-refractivity contribution in [2.75, 3.05) is 25.0 Å². The summed E-state index contributed by atoms with van der Waals surface area (Å²) in [6, 6.07) is 18.2. The fourth-order valence-corrected chi connectivity index (χ4v) is 4.44. The highest BCUT2D eigenvalue weighted by atomic mass is 19.1. The number of hydrogen-bond donors (Lipinski definition) is 1. The topological polar surface area (TPSA) is 62.5 Å². The molecule has 0 unspecified atom stereocenters. The first-order chi connectivity index (χ1) is 16.6. The molecule has 0 saturated carbocycles. The third-order valence-corrected chi connectivity index (χ3v) is 6.34. The summed E-state index contributed by atoms with van der Waals surface area (Å²) in [4.78, 5) is 19.7. The first kappa shape index (κ1) is 22.2. The van der Waals surface area contributed by atoms with E-state index in [1.165, 1.54) is 18.9 Å². The molecule has 0 bridgehead atoms. The highest BCUT2D eigenvalue weighted by molar-refractivity contribution is 5.97. The number of aromatic nitrogens is 3. The van der Waals surface area contributed by atoms with Crippen molar-refractivity contribution in [2.45, 2.75) is 32.6 Å². The highest BCUT2D eigenvalue weighted by Crippen LogP contribution is 2.24. The first-order valence-corrected chi connectivity index (χ1v) is 11.8. The van der Waals surface area contributed by atoms with E-state index in [9.17, 15) is 9.18 Å². The van der Waals surface area contributed by atoms with Crippen molar-refractivity contribution >= 4 is 23.1 Å². The van der Waals surface area contributed by atoms with Crippen LogP contribution in [0.3, 0.4) is 0 Å². The molecule has 174 valence electrons. The minimum atomic E-state index is -0.255. The van der Waals surface area contributed by atoms with Gasteiger partial charge in [0.25, 0.3) is 0 Å². The number of hydrogen-bond acceptors (Lipinski definition) is 5. The Labute approximate surface area is 198 Å². The Hall–Kier alpha value is -3.58. The molecular weight excluding hydrogens is 429 g/mol. The van der Waals surface area contributed by atoms with Crippen LogP contribution in [0.2, 0.25) is 0 Å². The zero-order chi connectivity index (χ0) is 23.5. The number of rotatable bonds is 8. The molecule has 5 rings (SSSR count). The number of aryl methyl sites for hydroxylation is 1. The zero-order valence-corrected chi connectivity index (χ0v) is 19.3. The molecule has 0 amide bonds. The van der Waals surface area contributed by atoms with Gasteiger partial charge in [0.1, 0.15) is 5.82 Å². The molecule has 0 atom stereocenters. The molecule has 2 aromatic carbocycles. The predicted octanol–water partition coefficient (Wildman–Crippen LogP) is 5.65. The minimum absolute atomic E-state index is 0.148. The molecule has 34 heavy (non-hydrogen) atoms. The second-order valence-corrected chi connectivity index (χ2v) is 8.86. The quantitative estimate of drug-likeness (QED) is 0.347. The smallest absolute Gasteiger partial charge is 0.247 e. The Balaban J connectivity index is 1.31. The van der Waals surface area contributed by atoms with Gasteiger partial charge in [-0.05, 0) is 81.7 Å². The van der Waals surface area contributed by atoms with Gasteiger partial charge in [0.05, 0.1) is 5.69 Å². The van der Waals surface area contributed by atoms with Crippen LogP contribution in [0.25, 0.3) is 16.9 Å². The van der Waals surface area contributed by atoms with Gasteiger partial charge in [-0.25, -0.2) is 8.91 Å². The van der Waals surface area contributed by atoms with E-state index >= 15 is 0 Å². The molecule has 1 aliphatic rings. The molecule has 7 heteroatoms. The van der Waals surface area contributed by atoms with Gasteiger partial charge in [0.15, 0.2) is 11.4 Å². The number of halogens is 1. The molecule has 3 heterocycles. The van der Waals surface area contributed by atoms with Gasteiger partial charge < -0.3 is 10.2 Å². The Bertz CT molecular complexity index is 1330. The molecular formula is C27H28FN5O. The summed E-state index contributed by atoms with van der Waals surface area (Å²) in [6.45, 7) is 5.03. The number of ketones is 1. The van der Waals surface area contributed by atoms with E-state index in [4.69, 9.17) is 0 Å². The normalized spacial score (nSPS) is 14.1. The van der Waals surface area contributed by atoms with Gasteiger partial charge in [-0.3, -0.25) is 4.79 Å². The monoisotopic (exact) mass is 457 g/mol. The molecule has 0 radical (unpaired) electrons. The van der Waals surface area contributed by atoms with Crippen molar-refractivity contribution in [3.05, 3.63) is 77.6 Å². The number of nitrogens with zero attached hydrogens (tertiary/aromatic N) is 4. The maximum Gasteiger partial charge on any atom is 0.247 e. The molecule has 1 fully saturated rings. The van der Waals surface area contributed by atoms with E-state index in [1.807, 2.05) is 48.5 Å². The second kappa shape index (κ2) is 9.73. The molecule has 4 aromatic rings. The summed E-state index contributed by atoms with van der Waals surface area (Å²) >= 11 is 0. The summed E-state index contributed by atoms with van der Waals surface area (Å²) in [5.41, 5.74) is 4.17. The lowest BCUT2D eigenvalue weighted by atomic mass is 10.1. The maximum absolute atomic E-state index is 14.1. The number of nitrogens with one attached hydrogen (secondary N) is 1. The molecule has 1 saturated heterocycles. The van der Waals surface area contributed by atoms with Gasteiger partial charge in [-0.2, -0.15) is 4.98 Å². The van der Waals surface area contributed by atoms with Crippen molar-refractivity contribution in [3.8, 4) is 11.3 Å². The zero-order valence-electron chi connectivity index (χ0n) is 19.3. The van der Waals surface area contributed by atoms with Crippen LogP contribution in [0.4, 0.5) is 16.0 Å². The van der Waals surface area contributed by atoms with E-state index in [2.05, 4.69) is 20.3 Å². The molecule has 1 N–H and O–H groups in total. The lowest BCUT2D eigenvalue weighted by Crippen LogP contribution is -2.21. The van der Waals surface area contributed by atoms with Crippen LogP contribution in [0.15, 0.2) is 60.7 Å². The number of carbonyl (C=O) groups excluding carboxylic acids is 1. The minimum Gasteiger partial charge on any atom is -0.323 e. The second-order valence-electron chi connectivity index (χ2n) is 8.86. The number of pyridine rings is 1. The third kappa shape index (κ3) is 4.84. The number of anilines is 2. The van der Waals surface area contributed by atoms with Crippen LogP contribution in [-0.2, 0) is 0 Å². The number of likely N-dealkylation sites (tertiary alicyclic amines) is 1. The summed E-state index contributed by atoms with van der Waals surface area (Å²) in [5.74, 6) is 0.308. The maximum atomic E-state index is 14.1. The molecule has 0 aliphatic carbocycles. The van der Waals surface area contributed by atoms with E-state index in [0.29, 0.717) is 29.1 Å². The van der Waals surface area contributed by atoms with Crippen LogP contribution < -0.4 is 5.32 Å². The Morgan fingerprint density at radius 3 is 2.71 bits per heavy atom. The van der Waals surface area contributed by atoms with Gasteiger partial charge in [0, 0.05) is 23.2 Å². The predicted molar refractivity (Wildman–Crippen MR) is 132 cm³/mol. The standard InChI is InChI=1S/C27H28FN5O/c1-19-12-13-20(18-23(19)28)24-9-5-11-26-30-27(31-33(24)26)29-22-8-4-7-21(17-22)25(34)10-6-16-32-14-2-3-15-32/h4-5,7-9,11-13,17-18H,2-3,6,10,14-16H2,1H3,(H,29,31).